The molecule has 0 aliphatic carbocycles. The fraction of sp³-hybridized carbons (Fsp3) is 0.636. The molecular weight excluding hydrogens is 404 g/mol. The first kappa shape index (κ1) is 22.7. The number of likely N-dealkylation sites (tertiary alicyclic amines) is 2. The summed E-state index contributed by atoms with van der Waals surface area (Å²) in [6.45, 7) is 4.94. The minimum absolute atomic E-state index is 0.00961. The summed E-state index contributed by atoms with van der Waals surface area (Å²) in [5, 5.41) is 0.531. The molecule has 3 amide bonds. The van der Waals surface area contributed by atoms with E-state index < -0.39 is 0 Å². The molecule has 8 heteroatoms. The van der Waals surface area contributed by atoms with Crippen molar-refractivity contribution < 1.29 is 14.3 Å². The van der Waals surface area contributed by atoms with E-state index in [0.29, 0.717) is 36.0 Å². The monoisotopic (exact) mass is 436 g/mol. The Hall–Kier alpha value is -1.99. The molecule has 7 nitrogen and oxygen atoms in total. The van der Waals surface area contributed by atoms with Crippen LogP contribution < -0.4 is 4.74 Å². The predicted octanol–water partition coefficient (Wildman–Crippen LogP) is 3.03. The van der Waals surface area contributed by atoms with Gasteiger partial charge in [-0.15, -0.1) is 0 Å². The minimum atomic E-state index is -0.0840. The van der Waals surface area contributed by atoms with Crippen molar-refractivity contribution in [1.29, 1.82) is 0 Å². The Morgan fingerprint density at radius 1 is 1.17 bits per heavy atom. The second kappa shape index (κ2) is 10.4. The average molecular weight is 437 g/mol. The number of carbonyl (C=O) groups is 2. The molecule has 3 rings (SSSR count). The molecule has 2 aliphatic heterocycles. The molecular formula is C22H33ClN4O3. The molecule has 2 heterocycles. The first-order chi connectivity index (χ1) is 14.4. The smallest absolute Gasteiger partial charge is 0.319 e. The topological polar surface area (TPSA) is 56.3 Å². The van der Waals surface area contributed by atoms with Crippen molar-refractivity contribution in [3.63, 3.8) is 0 Å². The van der Waals surface area contributed by atoms with E-state index in [0.717, 1.165) is 26.1 Å². The van der Waals surface area contributed by atoms with E-state index in [9.17, 15) is 9.59 Å². The Bertz CT molecular complexity index is 752. The summed E-state index contributed by atoms with van der Waals surface area (Å²) in [4.78, 5) is 33.8. The van der Waals surface area contributed by atoms with Gasteiger partial charge < -0.3 is 24.3 Å². The maximum absolute atomic E-state index is 13.1. The predicted molar refractivity (Wildman–Crippen MR) is 118 cm³/mol. The highest BCUT2D eigenvalue weighted by atomic mass is 35.5. The molecule has 166 valence electrons. The van der Waals surface area contributed by atoms with Crippen molar-refractivity contribution in [3.8, 4) is 5.75 Å². The van der Waals surface area contributed by atoms with Gasteiger partial charge in [0.15, 0.2) is 0 Å². The van der Waals surface area contributed by atoms with Gasteiger partial charge in [-0.3, -0.25) is 4.79 Å². The summed E-state index contributed by atoms with van der Waals surface area (Å²) < 4.78 is 5.35. The summed E-state index contributed by atoms with van der Waals surface area (Å²) in [5.41, 5.74) is 0.501. The zero-order chi connectivity index (χ0) is 21.7. The van der Waals surface area contributed by atoms with Crippen LogP contribution in [0.4, 0.5) is 4.79 Å². The van der Waals surface area contributed by atoms with Crippen LogP contribution in [0, 0.1) is 0 Å². The van der Waals surface area contributed by atoms with Gasteiger partial charge in [-0.1, -0.05) is 18.0 Å². The third-order valence-corrected chi connectivity index (χ3v) is 6.25. The fourth-order valence-electron chi connectivity index (χ4n) is 4.32. The van der Waals surface area contributed by atoms with E-state index in [1.54, 1.807) is 37.2 Å². The van der Waals surface area contributed by atoms with E-state index in [4.69, 9.17) is 16.3 Å². The fourth-order valence-corrected chi connectivity index (χ4v) is 4.48. The molecule has 1 aromatic rings. The summed E-state index contributed by atoms with van der Waals surface area (Å²) in [6, 6.07) is 5.09. The van der Waals surface area contributed by atoms with Crippen molar-refractivity contribution in [2.24, 2.45) is 0 Å². The number of rotatable bonds is 6. The maximum atomic E-state index is 13.1. The Morgan fingerprint density at radius 3 is 2.57 bits per heavy atom. The highest BCUT2D eigenvalue weighted by Crippen LogP contribution is 2.27. The standard InChI is InChI=1S/C22H33ClN4O3/c1-24(2)22(29)27(14-13-25-10-5-4-6-11-25)18-9-12-26(16-18)21(28)19-8-7-17(23)15-20(19)30-3/h7-8,15,18H,4-6,9-14,16H2,1-3H3. The number of nitrogens with zero attached hydrogens (tertiary/aromatic N) is 4. The van der Waals surface area contributed by atoms with E-state index in [2.05, 4.69) is 4.90 Å². The van der Waals surface area contributed by atoms with Gasteiger partial charge in [-0.05, 0) is 50.6 Å². The van der Waals surface area contributed by atoms with Gasteiger partial charge in [0.2, 0.25) is 0 Å². The lowest BCUT2D eigenvalue weighted by Gasteiger charge is -2.34. The van der Waals surface area contributed by atoms with Crippen LogP contribution in [0.15, 0.2) is 18.2 Å². The maximum Gasteiger partial charge on any atom is 0.319 e. The van der Waals surface area contributed by atoms with E-state index in [1.165, 1.54) is 26.4 Å². The summed E-state index contributed by atoms with van der Waals surface area (Å²) >= 11 is 6.03. The second-order valence-corrected chi connectivity index (χ2v) is 8.75. The lowest BCUT2D eigenvalue weighted by Crippen LogP contribution is -2.50. The molecule has 0 radical (unpaired) electrons. The molecule has 0 spiro atoms. The van der Waals surface area contributed by atoms with E-state index in [-0.39, 0.29) is 18.0 Å². The molecule has 1 atom stereocenters. The van der Waals surface area contributed by atoms with Crippen LogP contribution in [0.3, 0.4) is 0 Å². The minimum Gasteiger partial charge on any atom is -0.496 e. The van der Waals surface area contributed by atoms with Crippen molar-refractivity contribution in [2.75, 3.05) is 60.5 Å². The number of ether oxygens (including phenoxy) is 1. The van der Waals surface area contributed by atoms with E-state index in [1.807, 2.05) is 9.80 Å². The number of urea groups is 1. The highest BCUT2D eigenvalue weighted by molar-refractivity contribution is 6.30. The largest absolute Gasteiger partial charge is 0.496 e. The zero-order valence-electron chi connectivity index (χ0n) is 18.3. The molecule has 0 bridgehead atoms. The Kier molecular flexibility index (Phi) is 7.83. The number of methoxy groups -OCH3 is 1. The lowest BCUT2D eigenvalue weighted by molar-refractivity contribution is 0.0770. The number of hydrogen-bond donors (Lipinski definition) is 0. The number of piperidine rings is 1. The van der Waals surface area contributed by atoms with Crippen LogP contribution in [0.1, 0.15) is 36.0 Å². The third-order valence-electron chi connectivity index (χ3n) is 6.02. The number of carbonyl (C=O) groups excluding carboxylic acids is 2. The first-order valence-corrected chi connectivity index (χ1v) is 11.1. The van der Waals surface area contributed by atoms with Gasteiger partial charge in [-0.2, -0.15) is 0 Å². The Labute approximate surface area is 184 Å². The molecule has 0 N–H and O–H groups in total. The first-order valence-electron chi connectivity index (χ1n) is 10.7. The number of amides is 3. The van der Waals surface area contributed by atoms with E-state index >= 15 is 0 Å². The second-order valence-electron chi connectivity index (χ2n) is 8.31. The normalized spacial score (nSPS) is 19.6. The quantitative estimate of drug-likeness (QED) is 0.687. The van der Waals surface area contributed by atoms with Crippen molar-refractivity contribution in [2.45, 2.75) is 31.7 Å². The van der Waals surface area contributed by atoms with Crippen LogP contribution in [-0.2, 0) is 0 Å². The summed E-state index contributed by atoms with van der Waals surface area (Å²) in [7, 11) is 5.10. The average Bonchev–Trinajstić information content (AvgIpc) is 3.23. The van der Waals surface area contributed by atoms with Crippen molar-refractivity contribution in [1.82, 2.24) is 19.6 Å². The number of halogens is 1. The molecule has 1 aromatic carbocycles. The van der Waals surface area contributed by atoms with Gasteiger partial charge in [0, 0.05) is 45.3 Å². The Morgan fingerprint density at radius 2 is 1.90 bits per heavy atom. The number of benzene rings is 1. The van der Waals surface area contributed by atoms with Crippen LogP contribution in [0.5, 0.6) is 5.75 Å². The van der Waals surface area contributed by atoms with Crippen LogP contribution in [0.2, 0.25) is 5.02 Å². The van der Waals surface area contributed by atoms with Gasteiger partial charge in [0.25, 0.3) is 5.91 Å². The van der Waals surface area contributed by atoms with Crippen molar-refractivity contribution in [3.05, 3.63) is 28.8 Å². The van der Waals surface area contributed by atoms with Gasteiger partial charge in [0.05, 0.1) is 18.7 Å². The summed E-state index contributed by atoms with van der Waals surface area (Å²) in [5.74, 6) is 0.390. The molecule has 30 heavy (non-hydrogen) atoms. The van der Waals surface area contributed by atoms with Gasteiger partial charge in [0.1, 0.15) is 5.75 Å². The SMILES string of the molecule is COc1cc(Cl)ccc1C(=O)N1CCC(N(CCN2CCCCC2)C(=O)N(C)C)C1. The molecule has 2 aliphatic rings. The van der Waals surface area contributed by atoms with Gasteiger partial charge >= 0.3 is 6.03 Å². The highest BCUT2D eigenvalue weighted by Gasteiger charge is 2.34. The molecule has 0 saturated carbocycles. The Balaban J connectivity index is 1.67. The molecule has 2 fully saturated rings. The molecule has 2 saturated heterocycles. The zero-order valence-corrected chi connectivity index (χ0v) is 19.0. The van der Waals surface area contributed by atoms with Crippen molar-refractivity contribution >= 4 is 23.5 Å². The molecule has 0 aromatic heterocycles. The third kappa shape index (κ3) is 5.38. The van der Waals surface area contributed by atoms with Crippen LogP contribution in [-0.4, -0.2) is 98.1 Å². The lowest BCUT2D eigenvalue weighted by atomic mass is 10.1. The van der Waals surface area contributed by atoms with Gasteiger partial charge in [-0.25, -0.2) is 4.79 Å². The number of hydrogen-bond acceptors (Lipinski definition) is 4. The van der Waals surface area contributed by atoms with Crippen LogP contribution >= 0.6 is 11.6 Å². The molecule has 1 unspecified atom stereocenters. The summed E-state index contributed by atoms with van der Waals surface area (Å²) in [6.07, 6.45) is 4.54. The van der Waals surface area contributed by atoms with Crippen LogP contribution in [0.25, 0.3) is 0 Å².